The molecule has 5 nitrogen and oxygen atoms in total. The first-order chi connectivity index (χ1) is 11.6. The van der Waals surface area contributed by atoms with Gasteiger partial charge in [-0.25, -0.2) is 0 Å². The van der Waals surface area contributed by atoms with Crippen LogP contribution in [0, 0.1) is 5.92 Å². The molecule has 0 aromatic heterocycles. The average molecular weight is 339 g/mol. The zero-order valence-electron chi connectivity index (χ0n) is 16.0. The normalized spacial score (nSPS) is 21.1. The van der Waals surface area contributed by atoms with Gasteiger partial charge in [-0.2, -0.15) is 0 Å². The largest absolute Gasteiger partial charge is 0.410 e. The molecule has 0 spiro atoms. The van der Waals surface area contributed by atoms with E-state index in [1.54, 1.807) is 0 Å². The van der Waals surface area contributed by atoms with Crippen molar-refractivity contribution in [3.63, 3.8) is 0 Å². The average Bonchev–Trinajstić information content (AvgIpc) is 2.81. The van der Waals surface area contributed by atoms with Gasteiger partial charge in [-0.3, -0.25) is 9.79 Å². The van der Waals surface area contributed by atoms with Crippen molar-refractivity contribution in [3.8, 4) is 0 Å². The Morgan fingerprint density at radius 1 is 1.38 bits per heavy atom. The summed E-state index contributed by atoms with van der Waals surface area (Å²) in [4.78, 5) is 18.4. The van der Waals surface area contributed by atoms with Gasteiger partial charge >= 0.3 is 5.97 Å². The van der Waals surface area contributed by atoms with E-state index in [0.29, 0.717) is 19.0 Å². The fraction of sp³-hybridized carbons (Fsp3) is 0.789. The highest BCUT2D eigenvalue weighted by Gasteiger charge is 2.24. The third-order valence-electron chi connectivity index (χ3n) is 4.47. The van der Waals surface area contributed by atoms with Gasteiger partial charge in [0.25, 0.3) is 0 Å². The van der Waals surface area contributed by atoms with E-state index in [-0.39, 0.29) is 11.9 Å². The van der Waals surface area contributed by atoms with Gasteiger partial charge in [-0.15, -0.1) is 0 Å². The number of carbonyl (C=O) groups is 1. The van der Waals surface area contributed by atoms with Gasteiger partial charge < -0.3 is 15.0 Å². The van der Waals surface area contributed by atoms with E-state index in [2.05, 4.69) is 37.4 Å². The molecule has 1 saturated carbocycles. The monoisotopic (exact) mass is 338 g/mol. The minimum atomic E-state index is -0.0951. The molecule has 24 heavy (non-hydrogen) atoms. The summed E-state index contributed by atoms with van der Waals surface area (Å²) in [5, 5.41) is 3.21. The summed E-state index contributed by atoms with van der Waals surface area (Å²) in [7, 11) is 4.27. The van der Waals surface area contributed by atoms with Crippen LogP contribution in [-0.2, 0) is 9.53 Å². The molecule has 2 N–H and O–H groups in total. The van der Waals surface area contributed by atoms with Crippen LogP contribution in [-0.4, -0.2) is 52.1 Å². The number of hydrogen-bond acceptors (Lipinski definition) is 4. The van der Waals surface area contributed by atoms with Crippen molar-refractivity contribution in [1.82, 2.24) is 5.32 Å². The molecular formula is C19H36N3O2+. The van der Waals surface area contributed by atoms with E-state index in [1.165, 1.54) is 10.5 Å². The molecule has 1 aliphatic carbocycles. The molecular weight excluding hydrogens is 302 g/mol. The van der Waals surface area contributed by atoms with Crippen molar-refractivity contribution in [2.24, 2.45) is 10.9 Å². The summed E-state index contributed by atoms with van der Waals surface area (Å²) in [6.45, 7) is 7.28. The molecule has 0 saturated heterocycles. The van der Waals surface area contributed by atoms with Crippen molar-refractivity contribution in [1.29, 1.82) is 0 Å². The summed E-state index contributed by atoms with van der Waals surface area (Å²) in [6, 6.07) is 0. The molecule has 1 atom stereocenters. The van der Waals surface area contributed by atoms with E-state index >= 15 is 0 Å². The molecule has 0 heterocycles. The highest BCUT2D eigenvalue weighted by molar-refractivity contribution is 5.91. The summed E-state index contributed by atoms with van der Waals surface area (Å²) >= 11 is 0. The maximum Gasteiger partial charge on any atom is 0.315 e. The van der Waals surface area contributed by atoms with Gasteiger partial charge in [0.15, 0.2) is 0 Å². The topological polar surface area (TPSA) is 55.1 Å². The van der Waals surface area contributed by atoms with E-state index in [1.807, 2.05) is 6.92 Å². The van der Waals surface area contributed by atoms with Crippen LogP contribution in [0.4, 0.5) is 0 Å². The Morgan fingerprint density at radius 3 is 2.83 bits per heavy atom. The van der Waals surface area contributed by atoms with Crippen LogP contribution in [0.3, 0.4) is 0 Å². The second-order valence-corrected chi connectivity index (χ2v) is 6.86. The molecule has 0 aromatic carbocycles. The van der Waals surface area contributed by atoms with Gasteiger partial charge in [0.1, 0.15) is 0 Å². The quantitative estimate of drug-likeness (QED) is 0.176. The van der Waals surface area contributed by atoms with Crippen molar-refractivity contribution < 1.29 is 14.4 Å². The fourth-order valence-corrected chi connectivity index (χ4v) is 2.92. The predicted molar refractivity (Wildman–Crippen MR) is 99.6 cm³/mol. The van der Waals surface area contributed by atoms with Crippen LogP contribution in [0.2, 0.25) is 0 Å². The fourth-order valence-electron chi connectivity index (χ4n) is 2.92. The Kier molecular flexibility index (Phi) is 10.6. The summed E-state index contributed by atoms with van der Waals surface area (Å²) < 4.78 is 5.65. The molecule has 1 rings (SSSR count). The number of hydrogen-bond donors (Lipinski definition) is 2. The highest BCUT2D eigenvalue weighted by Crippen LogP contribution is 2.27. The highest BCUT2D eigenvalue weighted by atomic mass is 16.5. The van der Waals surface area contributed by atoms with Crippen molar-refractivity contribution in [2.75, 3.05) is 40.3 Å². The number of esters is 1. The van der Waals surface area contributed by atoms with Crippen molar-refractivity contribution in [2.45, 2.75) is 52.4 Å². The molecule has 1 fully saturated rings. The summed E-state index contributed by atoms with van der Waals surface area (Å²) in [6.07, 6.45) is 8.23. The smallest absolute Gasteiger partial charge is 0.315 e. The maximum atomic E-state index is 12.5. The lowest BCUT2D eigenvalue weighted by Crippen LogP contribution is -3.05. The zero-order valence-corrected chi connectivity index (χ0v) is 16.0. The van der Waals surface area contributed by atoms with Gasteiger partial charge in [0.05, 0.1) is 33.1 Å². The molecule has 1 aliphatic rings. The molecule has 1 unspecified atom stereocenters. The first kappa shape index (κ1) is 20.8. The number of likely N-dealkylation sites (N-methyl/N-ethyl adjacent to an activating group) is 1. The SMILES string of the molecule is CC=C1CCCC(C(=O)OC(CNCC)=NCCC[NH+](C)C)CC1. The van der Waals surface area contributed by atoms with Crippen LogP contribution < -0.4 is 10.2 Å². The van der Waals surface area contributed by atoms with Crippen molar-refractivity contribution in [3.05, 3.63) is 11.6 Å². The third kappa shape index (κ3) is 8.60. The lowest BCUT2D eigenvalue weighted by Gasteiger charge is -2.14. The molecule has 0 aliphatic heterocycles. The zero-order chi connectivity index (χ0) is 17.8. The Morgan fingerprint density at radius 2 is 2.17 bits per heavy atom. The van der Waals surface area contributed by atoms with E-state index in [0.717, 1.165) is 51.6 Å². The van der Waals surface area contributed by atoms with Crippen LogP contribution in [0.5, 0.6) is 0 Å². The number of nitrogens with zero attached hydrogens (tertiary/aromatic N) is 1. The summed E-state index contributed by atoms with van der Waals surface area (Å²) in [5.74, 6) is 0.467. The van der Waals surface area contributed by atoms with E-state index < -0.39 is 0 Å². The van der Waals surface area contributed by atoms with E-state index in [9.17, 15) is 4.79 Å². The minimum absolute atomic E-state index is 0.0143. The number of quaternary nitrogens is 1. The number of aliphatic imine (C=N–C) groups is 1. The molecule has 0 radical (unpaired) electrons. The van der Waals surface area contributed by atoms with Crippen LogP contribution in [0.25, 0.3) is 0 Å². The molecule has 5 heteroatoms. The van der Waals surface area contributed by atoms with Crippen LogP contribution >= 0.6 is 0 Å². The van der Waals surface area contributed by atoms with Crippen LogP contribution in [0.1, 0.15) is 52.4 Å². The number of ether oxygens (including phenoxy) is 1. The van der Waals surface area contributed by atoms with Gasteiger partial charge in [-0.1, -0.05) is 18.6 Å². The minimum Gasteiger partial charge on any atom is -0.410 e. The number of nitrogens with one attached hydrogen (secondary N) is 2. The van der Waals surface area contributed by atoms with Gasteiger partial charge in [-0.05, 0) is 45.6 Å². The van der Waals surface area contributed by atoms with Gasteiger partial charge in [0.2, 0.25) is 5.90 Å². The molecule has 0 bridgehead atoms. The molecule has 0 amide bonds. The predicted octanol–water partition coefficient (Wildman–Crippen LogP) is 1.60. The number of allylic oxidation sites excluding steroid dienone is 2. The van der Waals surface area contributed by atoms with Crippen LogP contribution in [0.15, 0.2) is 16.6 Å². The third-order valence-corrected chi connectivity index (χ3v) is 4.47. The van der Waals surface area contributed by atoms with E-state index in [4.69, 9.17) is 4.74 Å². The lowest BCUT2D eigenvalue weighted by molar-refractivity contribution is -0.858. The summed E-state index contributed by atoms with van der Waals surface area (Å²) in [5.41, 5.74) is 1.47. The maximum absolute atomic E-state index is 12.5. The number of carbonyl (C=O) groups excluding carboxylic acids is 1. The Labute approximate surface area is 147 Å². The number of rotatable bonds is 8. The Balaban J connectivity index is 2.54. The first-order valence-corrected chi connectivity index (χ1v) is 9.45. The van der Waals surface area contributed by atoms with Crippen molar-refractivity contribution >= 4 is 11.9 Å². The van der Waals surface area contributed by atoms with Gasteiger partial charge in [0, 0.05) is 13.0 Å². The molecule has 138 valence electrons. The first-order valence-electron chi connectivity index (χ1n) is 9.45. The Hall–Kier alpha value is -1.20. The lowest BCUT2D eigenvalue weighted by atomic mass is 10.0. The second-order valence-electron chi connectivity index (χ2n) is 6.86. The second kappa shape index (κ2) is 12.2. The Bertz CT molecular complexity index is 430. The molecule has 0 aromatic rings. The standard InChI is InChI=1S/C19H35N3O2/c1-5-16-9-7-10-17(12-11-16)19(23)24-18(15-20-6-2)21-13-8-14-22(3)4/h5,17,20H,6-15H2,1-4H3/p+1.